The van der Waals surface area contributed by atoms with Crippen molar-refractivity contribution in [1.29, 1.82) is 0 Å². The number of rotatable bonds is 0. The number of amides is 1. The van der Waals surface area contributed by atoms with Crippen LogP contribution in [0.1, 0.15) is 32.1 Å². The number of hydrogen-bond donors (Lipinski definition) is 1. The fourth-order valence-electron chi connectivity index (χ4n) is 3.71. The molecule has 3 aliphatic rings. The molecule has 0 atom stereocenters. The van der Waals surface area contributed by atoms with Gasteiger partial charge < -0.3 is 10.1 Å². The lowest BCUT2D eigenvalue weighted by atomic mass is 9.63. The highest BCUT2D eigenvalue weighted by Gasteiger charge is 2.57. The first kappa shape index (κ1) is 10.9. The van der Waals surface area contributed by atoms with E-state index in [1.807, 2.05) is 11.8 Å². The first-order chi connectivity index (χ1) is 7.77. The van der Waals surface area contributed by atoms with E-state index in [-0.39, 0.29) is 16.9 Å². The number of fused-ring (bicyclic) bond motifs is 1. The van der Waals surface area contributed by atoms with Crippen LogP contribution in [0.3, 0.4) is 0 Å². The van der Waals surface area contributed by atoms with E-state index in [0.29, 0.717) is 0 Å². The van der Waals surface area contributed by atoms with Crippen LogP contribution in [0.4, 0.5) is 0 Å². The van der Waals surface area contributed by atoms with E-state index in [1.165, 1.54) is 24.3 Å². The topological polar surface area (TPSA) is 38.3 Å². The standard InChI is InChI=1S/C12H19NO2S/c14-10-9-11(3-7-16-8-4-11)12(13-10)1-5-15-6-2-12/h1-9H2,(H,13,14). The van der Waals surface area contributed by atoms with Crippen molar-refractivity contribution in [3.8, 4) is 0 Å². The average Bonchev–Trinajstić information content (AvgIpc) is 2.53. The van der Waals surface area contributed by atoms with E-state index >= 15 is 0 Å². The molecular formula is C12H19NO2S. The van der Waals surface area contributed by atoms with E-state index in [4.69, 9.17) is 4.74 Å². The highest BCUT2D eigenvalue weighted by Crippen LogP contribution is 2.53. The molecule has 2 spiro atoms. The van der Waals surface area contributed by atoms with E-state index in [9.17, 15) is 4.79 Å². The summed E-state index contributed by atoms with van der Waals surface area (Å²) < 4.78 is 5.47. The minimum absolute atomic E-state index is 0.0727. The van der Waals surface area contributed by atoms with Gasteiger partial charge in [0.1, 0.15) is 0 Å². The zero-order chi connectivity index (χ0) is 11.1. The second-order valence-electron chi connectivity index (χ2n) is 5.31. The van der Waals surface area contributed by atoms with Gasteiger partial charge in [-0.05, 0) is 37.2 Å². The summed E-state index contributed by atoms with van der Waals surface area (Å²) in [5, 5.41) is 3.30. The third-order valence-electron chi connectivity index (χ3n) is 4.69. The summed E-state index contributed by atoms with van der Waals surface area (Å²) in [6.45, 7) is 1.63. The molecule has 0 aromatic carbocycles. The van der Waals surface area contributed by atoms with Crippen LogP contribution in [0, 0.1) is 5.41 Å². The molecular weight excluding hydrogens is 222 g/mol. The number of thioether (sulfide) groups is 1. The van der Waals surface area contributed by atoms with E-state index < -0.39 is 0 Å². The van der Waals surface area contributed by atoms with Crippen molar-refractivity contribution in [3.05, 3.63) is 0 Å². The Morgan fingerprint density at radius 3 is 2.50 bits per heavy atom. The number of carbonyl (C=O) groups is 1. The van der Waals surface area contributed by atoms with Crippen molar-refractivity contribution in [1.82, 2.24) is 5.32 Å². The summed E-state index contributed by atoms with van der Waals surface area (Å²) in [6.07, 6.45) is 5.20. The summed E-state index contributed by atoms with van der Waals surface area (Å²) in [5.41, 5.74) is 0.322. The molecule has 4 heteroatoms. The summed E-state index contributed by atoms with van der Waals surface area (Å²) in [4.78, 5) is 11.8. The van der Waals surface area contributed by atoms with Crippen LogP contribution in [-0.4, -0.2) is 36.2 Å². The highest BCUT2D eigenvalue weighted by molar-refractivity contribution is 7.99. The average molecular weight is 241 g/mol. The Morgan fingerprint density at radius 2 is 1.81 bits per heavy atom. The zero-order valence-electron chi connectivity index (χ0n) is 9.59. The quantitative estimate of drug-likeness (QED) is 0.699. The summed E-state index contributed by atoms with van der Waals surface area (Å²) >= 11 is 2.03. The van der Waals surface area contributed by atoms with Crippen LogP contribution >= 0.6 is 11.8 Å². The van der Waals surface area contributed by atoms with Crippen molar-refractivity contribution >= 4 is 17.7 Å². The van der Waals surface area contributed by atoms with Gasteiger partial charge in [-0.25, -0.2) is 0 Å². The molecule has 0 aromatic rings. The lowest BCUT2D eigenvalue weighted by Crippen LogP contribution is -2.56. The molecule has 1 amide bonds. The Balaban J connectivity index is 1.91. The van der Waals surface area contributed by atoms with Crippen molar-refractivity contribution in [2.75, 3.05) is 24.7 Å². The molecule has 3 nitrogen and oxygen atoms in total. The van der Waals surface area contributed by atoms with E-state index in [1.54, 1.807) is 0 Å². The van der Waals surface area contributed by atoms with E-state index in [2.05, 4.69) is 5.32 Å². The number of carbonyl (C=O) groups excluding carboxylic acids is 1. The van der Waals surface area contributed by atoms with Crippen molar-refractivity contribution in [2.45, 2.75) is 37.6 Å². The largest absolute Gasteiger partial charge is 0.381 e. The number of hydrogen-bond acceptors (Lipinski definition) is 3. The lowest BCUT2D eigenvalue weighted by molar-refractivity contribution is -0.120. The van der Waals surface area contributed by atoms with Gasteiger partial charge in [0, 0.05) is 25.0 Å². The predicted molar refractivity (Wildman–Crippen MR) is 64.5 cm³/mol. The van der Waals surface area contributed by atoms with Gasteiger partial charge in [0.05, 0.1) is 5.54 Å². The van der Waals surface area contributed by atoms with Crippen molar-refractivity contribution in [2.24, 2.45) is 5.41 Å². The minimum atomic E-state index is 0.0727. The molecule has 3 saturated heterocycles. The molecule has 3 heterocycles. The molecule has 0 unspecified atom stereocenters. The van der Waals surface area contributed by atoms with Gasteiger partial charge in [0.15, 0.2) is 0 Å². The third kappa shape index (κ3) is 1.50. The first-order valence-corrected chi connectivity index (χ1v) is 7.38. The Morgan fingerprint density at radius 1 is 1.12 bits per heavy atom. The lowest BCUT2D eigenvalue weighted by Gasteiger charge is -2.49. The summed E-state index contributed by atoms with van der Waals surface area (Å²) in [5.74, 6) is 2.71. The predicted octanol–water partition coefficient (Wildman–Crippen LogP) is 1.57. The van der Waals surface area contributed by atoms with Crippen LogP contribution in [-0.2, 0) is 9.53 Å². The smallest absolute Gasteiger partial charge is 0.221 e. The Bertz CT molecular complexity index is 265. The van der Waals surface area contributed by atoms with Gasteiger partial charge in [-0.2, -0.15) is 11.8 Å². The SMILES string of the molecule is O=C1CC2(CCSCC2)C2(CCOCC2)N1. The fourth-order valence-corrected chi connectivity index (χ4v) is 4.99. The third-order valence-corrected chi connectivity index (χ3v) is 5.67. The maximum absolute atomic E-state index is 11.8. The van der Waals surface area contributed by atoms with Gasteiger partial charge in [0.2, 0.25) is 5.91 Å². The molecule has 90 valence electrons. The maximum atomic E-state index is 11.8. The molecule has 0 aliphatic carbocycles. The first-order valence-electron chi connectivity index (χ1n) is 6.23. The number of nitrogens with one attached hydrogen (secondary N) is 1. The van der Waals surface area contributed by atoms with Crippen LogP contribution in [0.15, 0.2) is 0 Å². The molecule has 0 saturated carbocycles. The molecule has 0 aromatic heterocycles. The van der Waals surface area contributed by atoms with Crippen LogP contribution in [0.2, 0.25) is 0 Å². The van der Waals surface area contributed by atoms with Crippen LogP contribution in [0.5, 0.6) is 0 Å². The molecule has 1 N–H and O–H groups in total. The number of ether oxygens (including phenoxy) is 1. The van der Waals surface area contributed by atoms with Gasteiger partial charge >= 0.3 is 0 Å². The maximum Gasteiger partial charge on any atom is 0.221 e. The van der Waals surface area contributed by atoms with Gasteiger partial charge in [0.25, 0.3) is 0 Å². The molecule has 3 rings (SSSR count). The van der Waals surface area contributed by atoms with Gasteiger partial charge in [-0.1, -0.05) is 0 Å². The molecule has 3 fully saturated rings. The monoisotopic (exact) mass is 241 g/mol. The summed E-state index contributed by atoms with van der Waals surface area (Å²) in [6, 6.07) is 0. The van der Waals surface area contributed by atoms with Crippen LogP contribution in [0.25, 0.3) is 0 Å². The molecule has 0 bridgehead atoms. The van der Waals surface area contributed by atoms with Crippen molar-refractivity contribution < 1.29 is 9.53 Å². The van der Waals surface area contributed by atoms with Gasteiger partial charge in [-0.3, -0.25) is 4.79 Å². The molecule has 0 radical (unpaired) electrons. The Hall–Kier alpha value is -0.220. The Kier molecular flexibility index (Phi) is 2.67. The molecule has 16 heavy (non-hydrogen) atoms. The highest BCUT2D eigenvalue weighted by atomic mass is 32.2. The van der Waals surface area contributed by atoms with Gasteiger partial charge in [-0.15, -0.1) is 0 Å². The second-order valence-corrected chi connectivity index (χ2v) is 6.54. The zero-order valence-corrected chi connectivity index (χ0v) is 10.4. The minimum Gasteiger partial charge on any atom is -0.381 e. The normalized spacial score (nSPS) is 31.9. The Labute approximate surface area is 101 Å². The van der Waals surface area contributed by atoms with Crippen LogP contribution < -0.4 is 5.32 Å². The second kappa shape index (κ2) is 3.91. The van der Waals surface area contributed by atoms with Crippen molar-refractivity contribution in [3.63, 3.8) is 0 Å². The fraction of sp³-hybridized carbons (Fsp3) is 0.917. The van der Waals surface area contributed by atoms with E-state index in [0.717, 1.165) is 32.5 Å². The molecule has 3 aliphatic heterocycles. The summed E-state index contributed by atoms with van der Waals surface area (Å²) in [7, 11) is 0.